The summed E-state index contributed by atoms with van der Waals surface area (Å²) >= 11 is 1.50. The van der Waals surface area contributed by atoms with Gasteiger partial charge in [-0.1, -0.05) is 102 Å². The van der Waals surface area contributed by atoms with Gasteiger partial charge in [0.2, 0.25) is 0 Å². The summed E-state index contributed by atoms with van der Waals surface area (Å²) in [6, 6.07) is 0. The maximum Gasteiger partial charge on any atom is 0.183 e. The second-order valence-corrected chi connectivity index (χ2v) is 7.02. The van der Waals surface area contributed by atoms with Gasteiger partial charge in [0.25, 0.3) is 0 Å². The lowest BCUT2D eigenvalue weighted by molar-refractivity contribution is 0.536. The van der Waals surface area contributed by atoms with Gasteiger partial charge in [-0.25, -0.2) is 0 Å². The average Bonchev–Trinajstić information content (AvgIpc) is 2.57. The Morgan fingerprint density at radius 3 is 1.65 bits per heavy atom. The van der Waals surface area contributed by atoms with Crippen LogP contribution in [0.3, 0.4) is 0 Å². The zero-order valence-electron chi connectivity index (χ0n) is 15.4. The molecule has 23 heavy (non-hydrogen) atoms. The van der Waals surface area contributed by atoms with Gasteiger partial charge in [-0.05, 0) is 12.7 Å². The first-order valence-electron chi connectivity index (χ1n) is 9.58. The van der Waals surface area contributed by atoms with Gasteiger partial charge in [-0.3, -0.25) is 10.3 Å². The molecule has 0 aliphatic heterocycles. The van der Waals surface area contributed by atoms with E-state index in [1.807, 2.05) is 12.4 Å². The third kappa shape index (κ3) is 17.5. The van der Waals surface area contributed by atoms with Crippen LogP contribution in [0.4, 0.5) is 0 Å². The zero-order valence-corrected chi connectivity index (χ0v) is 16.2. The highest BCUT2D eigenvalue weighted by molar-refractivity contribution is 8.13. The molecule has 0 aliphatic carbocycles. The van der Waals surface area contributed by atoms with E-state index in [9.17, 15) is 0 Å². The van der Waals surface area contributed by atoms with E-state index < -0.39 is 0 Å². The Kier molecular flexibility index (Phi) is 18.8. The fourth-order valence-electron chi connectivity index (χ4n) is 2.69. The molecule has 0 aromatic carbocycles. The Labute approximate surface area is 148 Å². The van der Waals surface area contributed by atoms with Gasteiger partial charge >= 0.3 is 0 Å². The van der Waals surface area contributed by atoms with E-state index >= 15 is 0 Å². The molecule has 0 saturated heterocycles. The number of nitriles is 1. The maximum atomic E-state index is 8.54. The zero-order chi connectivity index (χ0) is 17.0. The van der Waals surface area contributed by atoms with Crippen molar-refractivity contribution in [3.8, 4) is 6.19 Å². The number of rotatable bonds is 15. The lowest BCUT2D eigenvalue weighted by atomic mass is 10.0. The van der Waals surface area contributed by atoms with Crippen molar-refractivity contribution in [1.29, 1.82) is 5.26 Å². The predicted molar refractivity (Wildman–Crippen MR) is 105 cm³/mol. The summed E-state index contributed by atoms with van der Waals surface area (Å²) in [4.78, 5) is 4.37. The second kappa shape index (κ2) is 19.4. The lowest BCUT2D eigenvalue weighted by Crippen LogP contribution is -2.13. The molecule has 0 bridgehead atoms. The molecule has 0 aromatic rings. The normalized spacial score (nSPS) is 11.4. The molecule has 0 rings (SSSR count). The first kappa shape index (κ1) is 22.3. The molecule has 0 aromatic heterocycles. The monoisotopic (exact) mass is 339 g/mol. The van der Waals surface area contributed by atoms with E-state index in [-0.39, 0.29) is 0 Å². The molecule has 0 fully saturated rings. The van der Waals surface area contributed by atoms with Crippen molar-refractivity contribution in [1.82, 2.24) is 5.32 Å². The summed E-state index contributed by atoms with van der Waals surface area (Å²) in [5.74, 6) is 0. The van der Waals surface area contributed by atoms with Crippen LogP contribution in [0.25, 0.3) is 0 Å². The molecule has 0 atom stereocenters. The molecule has 134 valence electrons. The summed E-state index contributed by atoms with van der Waals surface area (Å²) < 4.78 is 0. The van der Waals surface area contributed by atoms with E-state index in [4.69, 9.17) is 5.26 Å². The highest BCUT2D eigenvalue weighted by atomic mass is 32.2. The summed E-state index contributed by atoms with van der Waals surface area (Å²) in [5.41, 5.74) is 0. The molecule has 0 unspecified atom stereocenters. The van der Waals surface area contributed by atoms with Gasteiger partial charge in [-0.15, -0.1) is 0 Å². The summed E-state index contributed by atoms with van der Waals surface area (Å²) in [6.45, 7) is 3.11. The molecule has 0 heterocycles. The van der Waals surface area contributed by atoms with Crippen molar-refractivity contribution < 1.29 is 0 Å². The SMILES string of the molecule is CCCCCCCCCCCCCCCCN=C(NC#N)SC. The predicted octanol–water partition coefficient (Wildman–Crippen LogP) is 6.26. The fourth-order valence-corrected chi connectivity index (χ4v) is 3.06. The first-order valence-corrected chi connectivity index (χ1v) is 10.8. The molecule has 0 aliphatic rings. The van der Waals surface area contributed by atoms with Gasteiger partial charge in [0, 0.05) is 6.54 Å². The van der Waals surface area contributed by atoms with Crippen molar-refractivity contribution in [3.63, 3.8) is 0 Å². The minimum atomic E-state index is 0.738. The maximum absolute atomic E-state index is 8.54. The van der Waals surface area contributed by atoms with Gasteiger partial charge in [0.1, 0.15) is 0 Å². The smallest absolute Gasteiger partial charge is 0.183 e. The van der Waals surface area contributed by atoms with Crippen molar-refractivity contribution in [2.45, 2.75) is 96.8 Å². The number of nitrogens with zero attached hydrogens (tertiary/aromatic N) is 2. The standard InChI is InChI=1S/C19H37N3S/c1-3-4-5-6-7-8-9-10-11-12-13-14-15-16-17-21-19(23-2)22-18-20/h3-17H2,1-2H3,(H,21,22). The van der Waals surface area contributed by atoms with Crippen LogP contribution in [-0.4, -0.2) is 18.0 Å². The van der Waals surface area contributed by atoms with E-state index in [1.54, 1.807) is 0 Å². The molecule has 3 nitrogen and oxygen atoms in total. The van der Waals surface area contributed by atoms with Crippen LogP contribution in [0.15, 0.2) is 4.99 Å². The van der Waals surface area contributed by atoms with E-state index in [0.29, 0.717) is 0 Å². The Morgan fingerprint density at radius 2 is 1.26 bits per heavy atom. The Balaban J connectivity index is 3.18. The number of amidine groups is 1. The van der Waals surface area contributed by atoms with Crippen LogP contribution in [0.2, 0.25) is 0 Å². The topological polar surface area (TPSA) is 48.2 Å². The Bertz CT molecular complexity index is 310. The molecular formula is C19H37N3S. The number of hydrogen-bond donors (Lipinski definition) is 1. The number of aliphatic imine (C=N–C) groups is 1. The number of hydrogen-bond acceptors (Lipinski definition) is 3. The average molecular weight is 340 g/mol. The number of nitrogens with one attached hydrogen (secondary N) is 1. The van der Waals surface area contributed by atoms with Gasteiger partial charge < -0.3 is 0 Å². The summed E-state index contributed by atoms with van der Waals surface area (Å²) in [7, 11) is 0. The minimum absolute atomic E-state index is 0.738. The summed E-state index contributed by atoms with van der Waals surface area (Å²) in [6.07, 6.45) is 23.1. The molecular weight excluding hydrogens is 302 g/mol. The van der Waals surface area contributed by atoms with Crippen molar-refractivity contribution in [2.24, 2.45) is 4.99 Å². The highest BCUT2D eigenvalue weighted by Crippen LogP contribution is 2.13. The molecule has 0 spiro atoms. The van der Waals surface area contributed by atoms with Gasteiger partial charge in [-0.2, -0.15) is 5.26 Å². The fraction of sp³-hybridized carbons (Fsp3) is 0.895. The van der Waals surface area contributed by atoms with Crippen LogP contribution in [0.5, 0.6) is 0 Å². The lowest BCUT2D eigenvalue weighted by Gasteiger charge is -2.03. The Hall–Kier alpha value is -0.690. The van der Waals surface area contributed by atoms with Crippen molar-refractivity contribution >= 4 is 16.9 Å². The van der Waals surface area contributed by atoms with Gasteiger partial charge in [0.05, 0.1) is 0 Å². The Morgan fingerprint density at radius 1 is 0.826 bits per heavy atom. The van der Waals surface area contributed by atoms with Crippen LogP contribution in [0, 0.1) is 11.5 Å². The quantitative estimate of drug-likeness (QED) is 0.126. The second-order valence-electron chi connectivity index (χ2n) is 6.22. The van der Waals surface area contributed by atoms with E-state index in [0.717, 1.165) is 18.1 Å². The van der Waals surface area contributed by atoms with Gasteiger partial charge in [0.15, 0.2) is 11.4 Å². The third-order valence-electron chi connectivity index (χ3n) is 4.12. The van der Waals surface area contributed by atoms with Crippen LogP contribution in [-0.2, 0) is 0 Å². The molecule has 0 saturated carbocycles. The van der Waals surface area contributed by atoms with Crippen molar-refractivity contribution in [2.75, 3.05) is 12.8 Å². The van der Waals surface area contributed by atoms with E-state index in [2.05, 4.69) is 17.2 Å². The van der Waals surface area contributed by atoms with Crippen LogP contribution in [0.1, 0.15) is 96.8 Å². The first-order chi connectivity index (χ1) is 11.3. The minimum Gasteiger partial charge on any atom is -0.272 e. The highest BCUT2D eigenvalue weighted by Gasteiger charge is 1.95. The molecule has 1 N–H and O–H groups in total. The third-order valence-corrected chi connectivity index (χ3v) is 4.74. The van der Waals surface area contributed by atoms with Crippen LogP contribution >= 0.6 is 11.8 Å². The number of unbranched alkanes of at least 4 members (excludes halogenated alkanes) is 13. The largest absolute Gasteiger partial charge is 0.272 e. The van der Waals surface area contributed by atoms with E-state index in [1.165, 1.54) is 95.2 Å². The molecule has 0 radical (unpaired) electrons. The molecule has 0 amide bonds. The molecule has 4 heteroatoms. The van der Waals surface area contributed by atoms with Crippen LogP contribution < -0.4 is 5.32 Å². The number of thioether (sulfide) groups is 1. The van der Waals surface area contributed by atoms with Crippen molar-refractivity contribution in [3.05, 3.63) is 0 Å². The summed E-state index contributed by atoms with van der Waals surface area (Å²) in [5, 5.41) is 11.9.